The Bertz CT molecular complexity index is 1090. The maximum absolute atomic E-state index is 5.48. The number of methoxy groups -OCH3 is 2. The van der Waals surface area contributed by atoms with Gasteiger partial charge in [-0.15, -0.1) is 0 Å². The zero-order valence-electron chi connectivity index (χ0n) is 15.1. The molecule has 4 rings (SSSR count). The molecule has 0 atom stereocenters. The standard InChI is InChI=1S/C22H19BrN2O2/c1-26-20-12-9-16(13-21(20)27-2)22-24-18-5-3-4-6-19(18)25(22)14-15-7-10-17(23)11-8-15/h3-13H,14H2,1-2H3. The number of para-hydroxylation sites is 2. The van der Waals surface area contributed by atoms with Crippen molar-refractivity contribution in [1.82, 2.24) is 9.55 Å². The van der Waals surface area contributed by atoms with E-state index in [-0.39, 0.29) is 0 Å². The SMILES string of the molecule is COc1ccc(-c2nc3ccccc3n2Cc2ccc(Br)cc2)cc1OC. The van der Waals surface area contributed by atoms with Crippen LogP contribution in [0.2, 0.25) is 0 Å². The highest BCUT2D eigenvalue weighted by molar-refractivity contribution is 9.10. The van der Waals surface area contributed by atoms with Crippen molar-refractivity contribution in [3.05, 3.63) is 76.8 Å². The molecule has 0 saturated carbocycles. The fraction of sp³-hybridized carbons (Fsp3) is 0.136. The number of nitrogens with zero attached hydrogens (tertiary/aromatic N) is 2. The van der Waals surface area contributed by atoms with Crippen molar-refractivity contribution in [1.29, 1.82) is 0 Å². The number of benzene rings is 3. The molecule has 0 unspecified atom stereocenters. The second-order valence-electron chi connectivity index (χ2n) is 6.21. The van der Waals surface area contributed by atoms with E-state index in [1.54, 1.807) is 14.2 Å². The van der Waals surface area contributed by atoms with Gasteiger partial charge < -0.3 is 14.0 Å². The molecule has 27 heavy (non-hydrogen) atoms. The number of halogens is 1. The van der Waals surface area contributed by atoms with E-state index < -0.39 is 0 Å². The normalized spacial score (nSPS) is 10.9. The molecule has 0 aliphatic carbocycles. The monoisotopic (exact) mass is 422 g/mol. The molecule has 136 valence electrons. The molecule has 0 N–H and O–H groups in total. The lowest BCUT2D eigenvalue weighted by Crippen LogP contribution is -2.02. The third-order valence-electron chi connectivity index (χ3n) is 4.55. The summed E-state index contributed by atoms with van der Waals surface area (Å²) in [4.78, 5) is 4.88. The molecule has 0 radical (unpaired) electrons. The average molecular weight is 423 g/mol. The van der Waals surface area contributed by atoms with E-state index in [4.69, 9.17) is 14.5 Å². The first-order valence-electron chi connectivity index (χ1n) is 8.61. The van der Waals surface area contributed by atoms with Gasteiger partial charge in [-0.25, -0.2) is 4.98 Å². The topological polar surface area (TPSA) is 36.3 Å². The molecule has 4 nitrogen and oxygen atoms in total. The fourth-order valence-corrected chi connectivity index (χ4v) is 3.47. The quantitative estimate of drug-likeness (QED) is 0.424. The predicted molar refractivity (Wildman–Crippen MR) is 112 cm³/mol. The first kappa shape index (κ1) is 17.6. The number of ether oxygens (including phenoxy) is 2. The molecule has 0 aliphatic heterocycles. The second-order valence-corrected chi connectivity index (χ2v) is 7.12. The maximum atomic E-state index is 5.48. The van der Waals surface area contributed by atoms with Gasteiger partial charge >= 0.3 is 0 Å². The van der Waals surface area contributed by atoms with E-state index in [1.807, 2.05) is 36.4 Å². The lowest BCUT2D eigenvalue weighted by molar-refractivity contribution is 0.355. The summed E-state index contributed by atoms with van der Waals surface area (Å²) in [6.07, 6.45) is 0. The Morgan fingerprint density at radius 3 is 2.37 bits per heavy atom. The minimum atomic E-state index is 0.692. The van der Waals surface area contributed by atoms with Crippen LogP contribution in [0.25, 0.3) is 22.4 Å². The fourth-order valence-electron chi connectivity index (χ4n) is 3.20. The van der Waals surface area contributed by atoms with Crippen molar-refractivity contribution in [3.63, 3.8) is 0 Å². The van der Waals surface area contributed by atoms with Gasteiger partial charge in [0.1, 0.15) is 5.82 Å². The van der Waals surface area contributed by atoms with Gasteiger partial charge in [-0.2, -0.15) is 0 Å². The molecular weight excluding hydrogens is 404 g/mol. The molecular formula is C22H19BrN2O2. The van der Waals surface area contributed by atoms with Crippen LogP contribution in [0, 0.1) is 0 Å². The van der Waals surface area contributed by atoms with Crippen LogP contribution in [0.15, 0.2) is 71.2 Å². The van der Waals surface area contributed by atoms with E-state index >= 15 is 0 Å². The van der Waals surface area contributed by atoms with Crippen molar-refractivity contribution < 1.29 is 9.47 Å². The molecule has 4 aromatic rings. The van der Waals surface area contributed by atoms with Crippen molar-refractivity contribution in [2.75, 3.05) is 14.2 Å². The summed E-state index contributed by atoms with van der Waals surface area (Å²) in [5.41, 5.74) is 4.27. The minimum Gasteiger partial charge on any atom is -0.493 e. The summed E-state index contributed by atoms with van der Waals surface area (Å²) in [6.45, 7) is 0.734. The van der Waals surface area contributed by atoms with Crippen LogP contribution in [-0.2, 0) is 6.54 Å². The first-order chi connectivity index (χ1) is 13.2. The van der Waals surface area contributed by atoms with Gasteiger partial charge in [-0.3, -0.25) is 0 Å². The van der Waals surface area contributed by atoms with E-state index in [0.717, 1.165) is 33.4 Å². The van der Waals surface area contributed by atoms with Crippen LogP contribution in [0.5, 0.6) is 11.5 Å². The number of hydrogen-bond donors (Lipinski definition) is 0. The summed E-state index contributed by atoms with van der Waals surface area (Å²) in [5, 5.41) is 0. The predicted octanol–water partition coefficient (Wildman–Crippen LogP) is 5.53. The molecule has 0 amide bonds. The van der Waals surface area contributed by atoms with E-state index in [1.165, 1.54) is 5.56 Å². The Balaban J connectivity index is 1.86. The summed E-state index contributed by atoms with van der Waals surface area (Å²) in [7, 11) is 3.28. The van der Waals surface area contributed by atoms with Crippen LogP contribution >= 0.6 is 15.9 Å². The molecule has 1 aromatic heterocycles. The average Bonchev–Trinajstić information content (AvgIpc) is 3.07. The van der Waals surface area contributed by atoms with Crippen LogP contribution in [0.1, 0.15) is 5.56 Å². The third-order valence-corrected chi connectivity index (χ3v) is 5.08. The van der Waals surface area contributed by atoms with Crippen molar-refractivity contribution >= 4 is 27.0 Å². The number of aromatic nitrogens is 2. The van der Waals surface area contributed by atoms with Crippen molar-refractivity contribution in [2.24, 2.45) is 0 Å². The zero-order valence-corrected chi connectivity index (χ0v) is 16.7. The highest BCUT2D eigenvalue weighted by atomic mass is 79.9. The zero-order chi connectivity index (χ0) is 18.8. The van der Waals surface area contributed by atoms with Crippen molar-refractivity contribution in [3.8, 4) is 22.9 Å². The van der Waals surface area contributed by atoms with E-state index in [9.17, 15) is 0 Å². The maximum Gasteiger partial charge on any atom is 0.161 e. The summed E-state index contributed by atoms with van der Waals surface area (Å²) in [6, 6.07) is 22.5. The molecule has 0 fully saturated rings. The Morgan fingerprint density at radius 1 is 0.889 bits per heavy atom. The van der Waals surface area contributed by atoms with Gasteiger partial charge in [0.25, 0.3) is 0 Å². The lowest BCUT2D eigenvalue weighted by atomic mass is 10.1. The summed E-state index contributed by atoms with van der Waals surface area (Å²) >= 11 is 3.50. The molecule has 0 spiro atoms. The molecule has 1 heterocycles. The van der Waals surface area contributed by atoms with E-state index in [2.05, 4.69) is 50.8 Å². The molecule has 0 bridgehead atoms. The number of fused-ring (bicyclic) bond motifs is 1. The third kappa shape index (κ3) is 3.43. The first-order valence-corrected chi connectivity index (χ1v) is 9.41. The molecule has 5 heteroatoms. The second kappa shape index (κ2) is 7.45. The van der Waals surface area contributed by atoms with E-state index in [0.29, 0.717) is 11.5 Å². The van der Waals surface area contributed by atoms with Gasteiger partial charge in [-0.05, 0) is 48.0 Å². The Morgan fingerprint density at radius 2 is 1.63 bits per heavy atom. The highest BCUT2D eigenvalue weighted by Gasteiger charge is 2.15. The molecule has 3 aromatic carbocycles. The Hall–Kier alpha value is -2.79. The number of hydrogen-bond acceptors (Lipinski definition) is 3. The minimum absolute atomic E-state index is 0.692. The highest BCUT2D eigenvalue weighted by Crippen LogP contribution is 2.33. The summed E-state index contributed by atoms with van der Waals surface area (Å²) in [5.74, 6) is 2.30. The van der Waals surface area contributed by atoms with Gasteiger partial charge in [0, 0.05) is 16.6 Å². The number of rotatable bonds is 5. The summed E-state index contributed by atoms with van der Waals surface area (Å²) < 4.78 is 14.2. The van der Waals surface area contributed by atoms with Gasteiger partial charge in [0.05, 0.1) is 25.3 Å². The van der Waals surface area contributed by atoms with Crippen LogP contribution in [-0.4, -0.2) is 23.8 Å². The molecule has 0 saturated heterocycles. The van der Waals surface area contributed by atoms with Gasteiger partial charge in [-0.1, -0.05) is 40.2 Å². The van der Waals surface area contributed by atoms with Crippen molar-refractivity contribution in [2.45, 2.75) is 6.54 Å². The van der Waals surface area contributed by atoms with Crippen LogP contribution < -0.4 is 9.47 Å². The molecule has 0 aliphatic rings. The van der Waals surface area contributed by atoms with Crippen LogP contribution in [0.3, 0.4) is 0 Å². The Kier molecular flexibility index (Phi) is 4.86. The Labute approximate surface area is 166 Å². The van der Waals surface area contributed by atoms with Crippen LogP contribution in [0.4, 0.5) is 0 Å². The van der Waals surface area contributed by atoms with Gasteiger partial charge in [0.15, 0.2) is 11.5 Å². The number of imidazole rings is 1. The largest absolute Gasteiger partial charge is 0.493 e. The van der Waals surface area contributed by atoms with Gasteiger partial charge in [0.2, 0.25) is 0 Å². The smallest absolute Gasteiger partial charge is 0.161 e. The lowest BCUT2D eigenvalue weighted by Gasteiger charge is -2.12.